The molecule has 2 aromatic heterocycles. The van der Waals surface area contributed by atoms with Gasteiger partial charge in [0.25, 0.3) is 5.91 Å². The summed E-state index contributed by atoms with van der Waals surface area (Å²) in [6.45, 7) is 0.554. The van der Waals surface area contributed by atoms with E-state index in [1.54, 1.807) is 0 Å². The smallest absolute Gasteiger partial charge is 0.329 e. The van der Waals surface area contributed by atoms with Crippen molar-refractivity contribution in [1.82, 2.24) is 14.0 Å². The third-order valence-corrected chi connectivity index (χ3v) is 8.37. The molecule has 0 saturated carbocycles. The van der Waals surface area contributed by atoms with E-state index in [1.165, 1.54) is 23.1 Å². The molecule has 2 atom stereocenters. The van der Waals surface area contributed by atoms with Crippen LogP contribution in [0.1, 0.15) is 12.8 Å². The second-order valence-corrected chi connectivity index (χ2v) is 10.4. The minimum Gasteiger partial charge on any atom is -0.364 e. The number of thiazole rings is 1. The van der Waals surface area contributed by atoms with Crippen molar-refractivity contribution >= 4 is 40.6 Å². The third kappa shape index (κ3) is 4.09. The van der Waals surface area contributed by atoms with Gasteiger partial charge in [-0.3, -0.25) is 4.79 Å². The van der Waals surface area contributed by atoms with Gasteiger partial charge < -0.3 is 10.3 Å². The molecule has 1 fully saturated rings. The topological polar surface area (TPSA) is 78.0 Å². The van der Waals surface area contributed by atoms with E-state index >= 15 is 0 Å². The molecule has 1 saturated heterocycles. The molecule has 2 amide bonds. The Morgan fingerprint density at radius 1 is 1.06 bits per heavy atom. The van der Waals surface area contributed by atoms with Gasteiger partial charge in [0.15, 0.2) is 16.1 Å². The van der Waals surface area contributed by atoms with Crippen LogP contribution in [0.2, 0.25) is 0 Å². The van der Waals surface area contributed by atoms with Crippen LogP contribution in [0.5, 0.6) is 0 Å². The lowest BCUT2D eigenvalue weighted by molar-refractivity contribution is -0.134. The first kappa shape index (κ1) is 22.6. The van der Waals surface area contributed by atoms with Gasteiger partial charge in [-0.15, -0.1) is 11.3 Å². The molecular formula is C26H25N4O2S2+. The molecule has 1 aliphatic rings. The Balaban J connectivity index is 1.47. The van der Waals surface area contributed by atoms with E-state index < -0.39 is 11.9 Å². The van der Waals surface area contributed by atoms with Crippen molar-refractivity contribution in [3.63, 3.8) is 0 Å². The van der Waals surface area contributed by atoms with E-state index in [0.717, 1.165) is 33.4 Å². The van der Waals surface area contributed by atoms with Crippen molar-refractivity contribution in [2.24, 2.45) is 5.73 Å². The van der Waals surface area contributed by atoms with Crippen molar-refractivity contribution in [3.8, 4) is 16.9 Å². The first-order valence-electron chi connectivity index (χ1n) is 11.2. The van der Waals surface area contributed by atoms with Gasteiger partial charge in [0, 0.05) is 42.2 Å². The van der Waals surface area contributed by atoms with Gasteiger partial charge in [-0.2, -0.15) is 0 Å². The standard InChI is InChI=1S/C26H24N4O2S2/c27-25(32)23-13-8-16-30(23,22-12-5-4-11-21(22)29-14-6-7-15-29)24(31)18-34-26-28-20(17-33-26)19-9-2-1-3-10-19/h1-7,9-12,14-15,17,23H,8,13,16,18H2,(H-,27,32)/p+1/t23-,30?/m0/s1. The van der Waals surface area contributed by atoms with Crippen LogP contribution in [0.25, 0.3) is 16.9 Å². The monoisotopic (exact) mass is 489 g/mol. The largest absolute Gasteiger partial charge is 0.364 e. The Hall–Kier alpha value is -3.20. The zero-order valence-electron chi connectivity index (χ0n) is 18.5. The van der Waals surface area contributed by atoms with Gasteiger partial charge in [0.05, 0.1) is 12.2 Å². The summed E-state index contributed by atoms with van der Waals surface area (Å²) in [6, 6.07) is 21.1. The Morgan fingerprint density at radius 2 is 1.79 bits per heavy atom. The molecule has 3 heterocycles. The van der Waals surface area contributed by atoms with Crippen LogP contribution in [-0.2, 0) is 9.59 Å². The lowest BCUT2D eigenvalue weighted by Gasteiger charge is -2.36. The van der Waals surface area contributed by atoms with Gasteiger partial charge in [0.1, 0.15) is 11.4 Å². The molecule has 0 spiro atoms. The van der Waals surface area contributed by atoms with E-state index in [2.05, 4.69) is 0 Å². The van der Waals surface area contributed by atoms with E-state index in [4.69, 9.17) is 10.7 Å². The van der Waals surface area contributed by atoms with E-state index in [0.29, 0.717) is 13.0 Å². The van der Waals surface area contributed by atoms with Gasteiger partial charge >= 0.3 is 5.91 Å². The first-order chi connectivity index (χ1) is 16.6. The summed E-state index contributed by atoms with van der Waals surface area (Å²) in [5.41, 5.74) is 9.52. The van der Waals surface area contributed by atoms with Crippen LogP contribution < -0.4 is 10.2 Å². The summed E-state index contributed by atoms with van der Waals surface area (Å²) in [7, 11) is 0. The molecule has 0 aliphatic carbocycles. The fourth-order valence-corrected chi connectivity index (χ4v) is 6.60. The van der Waals surface area contributed by atoms with Crippen molar-refractivity contribution in [1.29, 1.82) is 0 Å². The number of benzene rings is 2. The summed E-state index contributed by atoms with van der Waals surface area (Å²) in [5, 5.41) is 2.01. The molecule has 4 aromatic rings. The van der Waals surface area contributed by atoms with Gasteiger partial charge in [-0.05, 0) is 18.2 Å². The molecule has 1 unspecified atom stereocenters. The zero-order chi connectivity index (χ0) is 23.5. The second-order valence-electron chi connectivity index (χ2n) is 8.28. The molecule has 2 N–H and O–H groups in total. The number of hydrogen-bond acceptors (Lipinski definition) is 5. The number of carbonyl (C=O) groups excluding carboxylic acids is 2. The number of carbonyl (C=O) groups is 2. The Bertz CT molecular complexity index is 1300. The highest BCUT2D eigenvalue weighted by Gasteiger charge is 2.53. The Labute approximate surface area is 206 Å². The maximum atomic E-state index is 14.0. The number of primary amides is 1. The average molecular weight is 490 g/mol. The number of aromatic nitrogens is 2. The van der Waals surface area contributed by atoms with Crippen molar-refractivity contribution in [2.45, 2.75) is 23.2 Å². The van der Waals surface area contributed by atoms with Crippen molar-refractivity contribution < 1.29 is 9.59 Å². The second kappa shape index (κ2) is 9.58. The van der Waals surface area contributed by atoms with Gasteiger partial charge in [-0.1, -0.05) is 54.2 Å². The average Bonchev–Trinajstić information content (AvgIpc) is 3.64. The summed E-state index contributed by atoms with van der Waals surface area (Å²) in [6.07, 6.45) is 5.26. The summed E-state index contributed by atoms with van der Waals surface area (Å²) >= 11 is 2.95. The Kier molecular flexibility index (Phi) is 6.36. The van der Waals surface area contributed by atoms with Gasteiger partial charge in [0.2, 0.25) is 0 Å². The molecule has 1 aliphatic heterocycles. The maximum absolute atomic E-state index is 14.0. The van der Waals surface area contributed by atoms with Crippen LogP contribution in [0.3, 0.4) is 0 Å². The SMILES string of the molecule is NC(=O)[C@@H]1CCC[N+]1(C(=O)CSc1nc(-c2ccccc2)cs1)c1ccccc1-n1cccc1. The Morgan fingerprint density at radius 3 is 2.56 bits per heavy atom. The summed E-state index contributed by atoms with van der Waals surface area (Å²) in [5.74, 6) is -0.243. The van der Waals surface area contributed by atoms with E-state index in [9.17, 15) is 9.59 Å². The van der Waals surface area contributed by atoms with E-state index in [1.807, 2.05) is 89.1 Å². The van der Waals surface area contributed by atoms with E-state index in [-0.39, 0.29) is 16.1 Å². The predicted molar refractivity (Wildman–Crippen MR) is 138 cm³/mol. The van der Waals surface area contributed by atoms with Crippen LogP contribution in [-0.4, -0.2) is 39.7 Å². The number of amides is 2. The fourth-order valence-electron chi connectivity index (χ4n) is 4.81. The molecule has 8 heteroatoms. The molecule has 2 aromatic carbocycles. The number of para-hydroxylation sites is 2. The third-order valence-electron chi connectivity index (χ3n) is 6.36. The van der Waals surface area contributed by atoms with Crippen molar-refractivity contribution in [2.75, 3.05) is 12.3 Å². The number of likely N-dealkylation sites (tertiary alicyclic amines) is 1. The number of thioether (sulfide) groups is 1. The highest BCUT2D eigenvalue weighted by Crippen LogP contribution is 2.40. The summed E-state index contributed by atoms with van der Waals surface area (Å²) in [4.78, 5) is 31.2. The van der Waals surface area contributed by atoms with Crippen LogP contribution in [0.15, 0.2) is 88.8 Å². The lowest BCUT2D eigenvalue weighted by atomic mass is 10.1. The maximum Gasteiger partial charge on any atom is 0.329 e. The minimum atomic E-state index is -0.582. The first-order valence-corrected chi connectivity index (χ1v) is 13.0. The molecule has 0 bridgehead atoms. The lowest BCUT2D eigenvalue weighted by Crippen LogP contribution is -2.62. The molecular weight excluding hydrogens is 464 g/mol. The zero-order valence-corrected chi connectivity index (χ0v) is 20.2. The molecule has 5 rings (SSSR count). The quantitative estimate of drug-likeness (QED) is 0.297. The van der Waals surface area contributed by atoms with Gasteiger partial charge in [-0.25, -0.2) is 14.3 Å². The molecule has 6 nitrogen and oxygen atoms in total. The predicted octanol–water partition coefficient (Wildman–Crippen LogP) is 4.87. The normalized spacial score (nSPS) is 19.8. The highest BCUT2D eigenvalue weighted by atomic mass is 32.2. The number of quaternary nitrogens is 1. The van der Waals surface area contributed by atoms with Crippen LogP contribution >= 0.6 is 23.1 Å². The number of nitrogens with two attached hydrogens (primary N) is 1. The molecule has 172 valence electrons. The molecule has 34 heavy (non-hydrogen) atoms. The summed E-state index contributed by atoms with van der Waals surface area (Å²) < 4.78 is 2.77. The number of rotatable bonds is 7. The number of hydrogen-bond donors (Lipinski definition) is 1. The van der Waals surface area contributed by atoms with Crippen molar-refractivity contribution in [3.05, 3.63) is 84.5 Å². The minimum absolute atomic E-state index is 0.0256. The fraction of sp³-hybridized carbons (Fsp3) is 0.192. The van der Waals surface area contributed by atoms with Crippen LogP contribution in [0.4, 0.5) is 5.69 Å². The molecule has 0 radical (unpaired) electrons. The number of nitrogens with zero attached hydrogens (tertiary/aromatic N) is 3. The van der Waals surface area contributed by atoms with Crippen LogP contribution in [0, 0.1) is 0 Å². The highest BCUT2D eigenvalue weighted by molar-refractivity contribution is 8.01.